The Morgan fingerprint density at radius 1 is 1.35 bits per heavy atom. The van der Waals surface area contributed by atoms with Crippen LogP contribution in [0, 0.1) is 19.7 Å². The SMILES string of the molecule is Cc1[nH]c2ccc(F)c(N3C[C@@H](N)C[C@@H](O)C3)c2c1C. The molecule has 4 nitrogen and oxygen atoms in total. The van der Waals surface area contributed by atoms with Crippen LogP contribution in [0.5, 0.6) is 0 Å². The molecule has 2 heterocycles. The van der Waals surface area contributed by atoms with E-state index in [9.17, 15) is 9.50 Å². The highest BCUT2D eigenvalue weighted by molar-refractivity contribution is 5.96. The van der Waals surface area contributed by atoms with Gasteiger partial charge in [0.15, 0.2) is 0 Å². The van der Waals surface area contributed by atoms with Crippen LogP contribution < -0.4 is 10.6 Å². The summed E-state index contributed by atoms with van der Waals surface area (Å²) in [6.45, 7) is 4.95. The first kappa shape index (κ1) is 13.4. The standard InChI is InChI=1S/C15H20FN3O/c1-8-9(2)18-13-4-3-12(16)15(14(8)13)19-6-10(17)5-11(20)7-19/h3-4,10-11,18,20H,5-7,17H2,1-2H3/t10-,11+/m0/s1. The molecule has 1 fully saturated rings. The molecule has 0 amide bonds. The highest BCUT2D eigenvalue weighted by atomic mass is 19.1. The number of H-pyrrole nitrogens is 1. The maximum atomic E-state index is 14.4. The van der Waals surface area contributed by atoms with E-state index in [1.807, 2.05) is 18.7 Å². The highest BCUT2D eigenvalue weighted by Crippen LogP contribution is 2.35. The summed E-state index contributed by atoms with van der Waals surface area (Å²) in [6.07, 6.45) is 0.0629. The van der Waals surface area contributed by atoms with Crippen LogP contribution in [0.3, 0.4) is 0 Å². The summed E-state index contributed by atoms with van der Waals surface area (Å²) in [5, 5.41) is 10.8. The quantitative estimate of drug-likeness (QED) is 0.745. The molecule has 20 heavy (non-hydrogen) atoms. The molecule has 1 aromatic heterocycles. The number of aryl methyl sites for hydroxylation is 2. The van der Waals surface area contributed by atoms with Gasteiger partial charge in [-0.25, -0.2) is 4.39 Å². The molecule has 0 spiro atoms. The number of aliphatic hydroxyl groups is 1. The van der Waals surface area contributed by atoms with Crippen molar-refractivity contribution in [2.75, 3.05) is 18.0 Å². The Bertz CT molecular complexity index is 642. The van der Waals surface area contributed by atoms with Crippen molar-refractivity contribution >= 4 is 16.6 Å². The van der Waals surface area contributed by atoms with E-state index in [0.29, 0.717) is 25.2 Å². The third-order valence-electron chi connectivity index (χ3n) is 4.17. The van der Waals surface area contributed by atoms with Crippen molar-refractivity contribution in [3.8, 4) is 0 Å². The van der Waals surface area contributed by atoms with Gasteiger partial charge < -0.3 is 20.7 Å². The Hall–Kier alpha value is -1.59. The van der Waals surface area contributed by atoms with Gasteiger partial charge in [-0.05, 0) is 38.0 Å². The molecule has 1 aliphatic rings. The average Bonchev–Trinajstić information content (AvgIpc) is 2.65. The van der Waals surface area contributed by atoms with E-state index >= 15 is 0 Å². The van der Waals surface area contributed by atoms with Gasteiger partial charge in [-0.15, -0.1) is 0 Å². The van der Waals surface area contributed by atoms with E-state index in [2.05, 4.69) is 4.98 Å². The topological polar surface area (TPSA) is 65.3 Å². The fourth-order valence-electron chi connectivity index (χ4n) is 3.14. The number of aliphatic hydroxyl groups excluding tert-OH is 1. The van der Waals surface area contributed by atoms with Gasteiger partial charge >= 0.3 is 0 Å². The molecule has 5 heteroatoms. The second-order valence-electron chi connectivity index (χ2n) is 5.75. The second-order valence-corrected chi connectivity index (χ2v) is 5.75. The molecule has 0 radical (unpaired) electrons. The van der Waals surface area contributed by atoms with Crippen molar-refractivity contribution in [1.29, 1.82) is 0 Å². The third-order valence-corrected chi connectivity index (χ3v) is 4.17. The van der Waals surface area contributed by atoms with Crippen LogP contribution in [0.2, 0.25) is 0 Å². The summed E-state index contributed by atoms with van der Waals surface area (Å²) in [7, 11) is 0. The van der Waals surface area contributed by atoms with Gasteiger partial charge in [-0.2, -0.15) is 0 Å². The molecular formula is C15H20FN3O. The Labute approximate surface area is 117 Å². The van der Waals surface area contributed by atoms with E-state index < -0.39 is 6.10 Å². The maximum absolute atomic E-state index is 14.4. The molecule has 0 aliphatic carbocycles. The van der Waals surface area contributed by atoms with Crippen LogP contribution in [-0.2, 0) is 0 Å². The van der Waals surface area contributed by atoms with Crippen molar-refractivity contribution in [3.63, 3.8) is 0 Å². The van der Waals surface area contributed by atoms with Crippen molar-refractivity contribution in [2.45, 2.75) is 32.4 Å². The van der Waals surface area contributed by atoms with Crippen molar-refractivity contribution in [2.24, 2.45) is 5.73 Å². The predicted octanol–water partition coefficient (Wildman–Crippen LogP) is 1.82. The second kappa shape index (κ2) is 4.75. The van der Waals surface area contributed by atoms with Crippen molar-refractivity contribution < 1.29 is 9.50 Å². The number of β-amino-alcohol motifs (C(OH)–C–C–N with tert-alkyl or cyclic N) is 1. The summed E-state index contributed by atoms with van der Waals surface area (Å²) in [5.74, 6) is -0.263. The molecule has 1 aliphatic heterocycles. The minimum absolute atomic E-state index is 0.131. The number of nitrogens with zero attached hydrogens (tertiary/aromatic N) is 1. The number of aromatic nitrogens is 1. The van der Waals surface area contributed by atoms with Crippen molar-refractivity contribution in [1.82, 2.24) is 4.98 Å². The molecule has 1 saturated heterocycles. The van der Waals surface area contributed by atoms with E-state index in [4.69, 9.17) is 5.73 Å². The van der Waals surface area contributed by atoms with Crippen LogP contribution in [0.1, 0.15) is 17.7 Å². The Balaban J connectivity index is 2.16. The Morgan fingerprint density at radius 2 is 2.10 bits per heavy atom. The van der Waals surface area contributed by atoms with Crippen LogP contribution in [0.15, 0.2) is 12.1 Å². The first-order valence-corrected chi connectivity index (χ1v) is 6.93. The molecule has 108 valence electrons. The van der Waals surface area contributed by atoms with Crippen LogP contribution in [0.4, 0.5) is 10.1 Å². The number of anilines is 1. The average molecular weight is 277 g/mol. The molecule has 1 aromatic carbocycles. The molecule has 2 atom stereocenters. The molecular weight excluding hydrogens is 257 g/mol. The number of rotatable bonds is 1. The first-order chi connectivity index (χ1) is 9.47. The number of nitrogens with two attached hydrogens (primary N) is 1. The number of fused-ring (bicyclic) bond motifs is 1. The molecule has 0 saturated carbocycles. The summed E-state index contributed by atoms with van der Waals surface area (Å²) >= 11 is 0. The summed E-state index contributed by atoms with van der Waals surface area (Å²) in [6, 6.07) is 3.10. The number of nitrogens with one attached hydrogen (secondary N) is 1. The van der Waals surface area contributed by atoms with Crippen LogP contribution in [0.25, 0.3) is 10.9 Å². The number of hydrogen-bond donors (Lipinski definition) is 3. The maximum Gasteiger partial charge on any atom is 0.147 e. The minimum Gasteiger partial charge on any atom is -0.391 e. The summed E-state index contributed by atoms with van der Waals surface area (Å²) in [4.78, 5) is 5.14. The van der Waals surface area contributed by atoms with E-state index in [0.717, 1.165) is 22.2 Å². The molecule has 4 N–H and O–H groups in total. The normalized spacial score (nSPS) is 23.6. The summed E-state index contributed by atoms with van der Waals surface area (Å²) < 4.78 is 14.4. The van der Waals surface area contributed by atoms with E-state index in [1.54, 1.807) is 6.07 Å². The van der Waals surface area contributed by atoms with Crippen molar-refractivity contribution in [3.05, 3.63) is 29.2 Å². The fraction of sp³-hybridized carbons (Fsp3) is 0.467. The van der Waals surface area contributed by atoms with Crippen LogP contribution >= 0.6 is 0 Å². The van der Waals surface area contributed by atoms with Gasteiger partial charge in [-0.3, -0.25) is 0 Å². The van der Waals surface area contributed by atoms with Gasteiger partial charge in [-0.1, -0.05) is 0 Å². The molecule has 2 aromatic rings. The Kier molecular flexibility index (Phi) is 3.18. The molecule has 3 rings (SSSR count). The lowest BCUT2D eigenvalue weighted by Gasteiger charge is -2.36. The minimum atomic E-state index is -0.506. The first-order valence-electron chi connectivity index (χ1n) is 6.93. The monoisotopic (exact) mass is 277 g/mol. The lowest BCUT2D eigenvalue weighted by Crippen LogP contribution is -2.49. The number of benzene rings is 1. The largest absolute Gasteiger partial charge is 0.391 e. The van der Waals surface area contributed by atoms with E-state index in [-0.39, 0.29) is 11.9 Å². The fourth-order valence-corrected chi connectivity index (χ4v) is 3.14. The third kappa shape index (κ3) is 2.07. The summed E-state index contributed by atoms with van der Waals surface area (Å²) in [5.41, 5.74) is 9.51. The Morgan fingerprint density at radius 3 is 2.80 bits per heavy atom. The number of halogens is 1. The smallest absolute Gasteiger partial charge is 0.147 e. The van der Waals surface area contributed by atoms with E-state index in [1.165, 1.54) is 6.07 Å². The lowest BCUT2D eigenvalue weighted by atomic mass is 10.0. The zero-order chi connectivity index (χ0) is 14.4. The van der Waals surface area contributed by atoms with Gasteiger partial charge in [0.25, 0.3) is 0 Å². The molecule has 0 unspecified atom stereocenters. The van der Waals surface area contributed by atoms with Gasteiger partial charge in [0.2, 0.25) is 0 Å². The lowest BCUT2D eigenvalue weighted by molar-refractivity contribution is 0.145. The molecule has 0 bridgehead atoms. The highest BCUT2D eigenvalue weighted by Gasteiger charge is 2.27. The zero-order valence-electron chi connectivity index (χ0n) is 11.8. The number of aromatic amines is 1. The zero-order valence-corrected chi connectivity index (χ0v) is 11.8. The number of hydrogen-bond acceptors (Lipinski definition) is 3. The van der Waals surface area contributed by atoms with Gasteiger partial charge in [0, 0.05) is 35.7 Å². The predicted molar refractivity (Wildman–Crippen MR) is 78.5 cm³/mol. The van der Waals surface area contributed by atoms with Gasteiger partial charge in [0.1, 0.15) is 5.82 Å². The van der Waals surface area contributed by atoms with Crippen LogP contribution in [-0.4, -0.2) is 35.3 Å². The number of piperidine rings is 1. The van der Waals surface area contributed by atoms with Gasteiger partial charge in [0.05, 0.1) is 11.8 Å².